The van der Waals surface area contributed by atoms with E-state index in [2.05, 4.69) is 16.2 Å². The van der Waals surface area contributed by atoms with Gasteiger partial charge in [-0.15, -0.1) is 11.8 Å². The predicted octanol–water partition coefficient (Wildman–Crippen LogP) is 0.703. The molecule has 0 atom stereocenters. The SMILES string of the molecule is COc1cc(SC)ccc1C(=O)NNC(=O)C(=O)NC(C)C. The summed E-state index contributed by atoms with van der Waals surface area (Å²) in [6.45, 7) is 3.45. The zero-order valence-corrected chi connectivity index (χ0v) is 13.7. The van der Waals surface area contributed by atoms with E-state index in [4.69, 9.17) is 4.74 Å². The second-order valence-corrected chi connectivity index (χ2v) is 5.48. The Morgan fingerprint density at radius 3 is 2.36 bits per heavy atom. The molecule has 8 heteroatoms. The zero-order chi connectivity index (χ0) is 16.7. The first-order valence-electron chi connectivity index (χ1n) is 6.52. The van der Waals surface area contributed by atoms with Gasteiger partial charge in [-0.05, 0) is 38.3 Å². The molecule has 0 spiro atoms. The summed E-state index contributed by atoms with van der Waals surface area (Å²) in [4.78, 5) is 35.9. The van der Waals surface area contributed by atoms with Crippen LogP contribution in [0.1, 0.15) is 24.2 Å². The maximum Gasteiger partial charge on any atom is 0.327 e. The molecule has 0 aliphatic carbocycles. The van der Waals surface area contributed by atoms with Crippen LogP contribution < -0.4 is 20.9 Å². The van der Waals surface area contributed by atoms with Crippen molar-refractivity contribution >= 4 is 29.5 Å². The van der Waals surface area contributed by atoms with E-state index in [0.717, 1.165) is 4.90 Å². The molecule has 1 aromatic rings. The molecule has 0 aliphatic rings. The quantitative estimate of drug-likeness (QED) is 0.430. The van der Waals surface area contributed by atoms with Crippen LogP contribution in [-0.2, 0) is 9.59 Å². The molecule has 3 amide bonds. The molecule has 1 rings (SSSR count). The van der Waals surface area contributed by atoms with Gasteiger partial charge >= 0.3 is 11.8 Å². The van der Waals surface area contributed by atoms with E-state index in [1.165, 1.54) is 18.9 Å². The number of hydrazine groups is 1. The first-order chi connectivity index (χ1) is 10.4. The van der Waals surface area contributed by atoms with Crippen molar-refractivity contribution in [1.29, 1.82) is 0 Å². The molecule has 0 bridgehead atoms. The summed E-state index contributed by atoms with van der Waals surface area (Å²) in [6.07, 6.45) is 1.90. The molecule has 120 valence electrons. The number of amides is 3. The van der Waals surface area contributed by atoms with Crippen molar-refractivity contribution in [3.05, 3.63) is 23.8 Å². The fourth-order valence-corrected chi connectivity index (χ4v) is 1.98. The van der Waals surface area contributed by atoms with Crippen molar-refractivity contribution in [3.8, 4) is 5.75 Å². The van der Waals surface area contributed by atoms with E-state index < -0.39 is 17.7 Å². The lowest BCUT2D eigenvalue weighted by Gasteiger charge is -2.12. The van der Waals surface area contributed by atoms with Crippen LogP contribution in [0, 0.1) is 0 Å². The van der Waals surface area contributed by atoms with Gasteiger partial charge in [0.2, 0.25) is 0 Å². The Morgan fingerprint density at radius 2 is 1.82 bits per heavy atom. The average molecular weight is 325 g/mol. The number of hydrogen-bond donors (Lipinski definition) is 3. The number of hydrogen-bond acceptors (Lipinski definition) is 5. The van der Waals surface area contributed by atoms with E-state index in [9.17, 15) is 14.4 Å². The second kappa shape index (κ2) is 8.28. The summed E-state index contributed by atoms with van der Waals surface area (Å²) in [5, 5.41) is 2.41. The molecule has 22 heavy (non-hydrogen) atoms. The smallest absolute Gasteiger partial charge is 0.327 e. The number of ether oxygens (including phenoxy) is 1. The third kappa shape index (κ3) is 4.96. The minimum absolute atomic E-state index is 0.173. The highest BCUT2D eigenvalue weighted by atomic mass is 32.2. The normalized spacial score (nSPS) is 10.0. The lowest BCUT2D eigenvalue weighted by molar-refractivity contribution is -0.139. The van der Waals surface area contributed by atoms with Gasteiger partial charge in [-0.25, -0.2) is 0 Å². The molecule has 1 aromatic carbocycles. The van der Waals surface area contributed by atoms with E-state index in [-0.39, 0.29) is 11.6 Å². The highest BCUT2D eigenvalue weighted by Crippen LogP contribution is 2.25. The van der Waals surface area contributed by atoms with Crippen LogP contribution in [0.2, 0.25) is 0 Å². The highest BCUT2D eigenvalue weighted by Gasteiger charge is 2.17. The second-order valence-electron chi connectivity index (χ2n) is 4.60. The summed E-state index contributed by atoms with van der Waals surface area (Å²) < 4.78 is 5.15. The third-order valence-corrected chi connectivity index (χ3v) is 3.29. The Morgan fingerprint density at radius 1 is 1.14 bits per heavy atom. The number of carbonyl (C=O) groups is 3. The van der Waals surface area contributed by atoms with E-state index in [1.807, 2.05) is 6.26 Å². The van der Waals surface area contributed by atoms with Crippen LogP contribution in [0.5, 0.6) is 5.75 Å². The molecule has 0 aromatic heterocycles. The number of carbonyl (C=O) groups excluding carboxylic acids is 3. The van der Waals surface area contributed by atoms with Gasteiger partial charge in [-0.1, -0.05) is 0 Å². The molecule has 7 nitrogen and oxygen atoms in total. The van der Waals surface area contributed by atoms with E-state index in [0.29, 0.717) is 5.75 Å². The van der Waals surface area contributed by atoms with Crippen LogP contribution in [0.4, 0.5) is 0 Å². The van der Waals surface area contributed by atoms with Gasteiger partial charge in [-0.2, -0.15) is 0 Å². The van der Waals surface area contributed by atoms with Gasteiger partial charge in [0.05, 0.1) is 12.7 Å². The van der Waals surface area contributed by atoms with Crippen LogP contribution in [-0.4, -0.2) is 37.1 Å². The van der Waals surface area contributed by atoms with Crippen molar-refractivity contribution in [1.82, 2.24) is 16.2 Å². The van der Waals surface area contributed by atoms with Crippen LogP contribution in [0.15, 0.2) is 23.1 Å². The van der Waals surface area contributed by atoms with Crippen molar-refractivity contribution in [2.75, 3.05) is 13.4 Å². The Labute approximate surface area is 133 Å². The first-order valence-corrected chi connectivity index (χ1v) is 7.74. The molecule has 0 fully saturated rings. The Bertz CT molecular complexity index is 575. The number of thioether (sulfide) groups is 1. The molecular weight excluding hydrogens is 306 g/mol. The van der Waals surface area contributed by atoms with Gasteiger partial charge in [0.1, 0.15) is 5.75 Å². The number of nitrogens with one attached hydrogen (secondary N) is 3. The standard InChI is InChI=1S/C14H19N3O4S/c1-8(2)15-13(19)14(20)17-16-12(18)10-6-5-9(22-4)7-11(10)21-3/h5-8H,1-4H3,(H,15,19)(H,16,18)(H,17,20). The maximum absolute atomic E-state index is 12.0. The topological polar surface area (TPSA) is 96.5 Å². The minimum atomic E-state index is -0.943. The number of rotatable bonds is 4. The van der Waals surface area contributed by atoms with Gasteiger partial charge in [-0.3, -0.25) is 25.2 Å². The summed E-state index contributed by atoms with van der Waals surface area (Å²) >= 11 is 1.51. The van der Waals surface area contributed by atoms with Crippen molar-refractivity contribution < 1.29 is 19.1 Å². The summed E-state index contributed by atoms with van der Waals surface area (Å²) in [6, 6.07) is 4.89. The summed E-state index contributed by atoms with van der Waals surface area (Å²) in [5.74, 6) is -1.96. The molecule has 0 saturated carbocycles. The van der Waals surface area contributed by atoms with Crippen molar-refractivity contribution in [2.24, 2.45) is 0 Å². The van der Waals surface area contributed by atoms with Crippen molar-refractivity contribution in [2.45, 2.75) is 24.8 Å². The molecular formula is C14H19N3O4S. The monoisotopic (exact) mass is 325 g/mol. The number of methoxy groups -OCH3 is 1. The molecule has 0 saturated heterocycles. The predicted molar refractivity (Wildman–Crippen MR) is 83.7 cm³/mol. The fraction of sp³-hybridized carbons (Fsp3) is 0.357. The lowest BCUT2D eigenvalue weighted by atomic mass is 10.2. The zero-order valence-electron chi connectivity index (χ0n) is 12.9. The molecule has 3 N–H and O–H groups in total. The molecule has 0 unspecified atom stereocenters. The Hall–Kier alpha value is -2.22. The highest BCUT2D eigenvalue weighted by molar-refractivity contribution is 7.98. The molecule has 0 heterocycles. The van der Waals surface area contributed by atoms with Gasteiger partial charge < -0.3 is 10.1 Å². The molecule has 0 radical (unpaired) electrons. The summed E-state index contributed by atoms with van der Waals surface area (Å²) in [5.41, 5.74) is 4.49. The number of benzene rings is 1. The maximum atomic E-state index is 12.0. The van der Waals surface area contributed by atoms with Gasteiger partial charge in [0.25, 0.3) is 5.91 Å². The van der Waals surface area contributed by atoms with Gasteiger partial charge in [0, 0.05) is 10.9 Å². The van der Waals surface area contributed by atoms with Crippen LogP contribution in [0.3, 0.4) is 0 Å². The van der Waals surface area contributed by atoms with E-state index in [1.54, 1.807) is 32.0 Å². The first kappa shape index (κ1) is 17.8. The Kier molecular flexibility index (Phi) is 6.71. The van der Waals surface area contributed by atoms with Crippen LogP contribution in [0.25, 0.3) is 0 Å². The fourth-order valence-electron chi connectivity index (χ4n) is 1.55. The van der Waals surface area contributed by atoms with Crippen LogP contribution >= 0.6 is 11.8 Å². The Balaban J connectivity index is 2.70. The average Bonchev–Trinajstić information content (AvgIpc) is 2.50. The third-order valence-electron chi connectivity index (χ3n) is 2.57. The van der Waals surface area contributed by atoms with Crippen molar-refractivity contribution in [3.63, 3.8) is 0 Å². The largest absolute Gasteiger partial charge is 0.496 e. The van der Waals surface area contributed by atoms with E-state index >= 15 is 0 Å². The lowest BCUT2D eigenvalue weighted by Crippen LogP contribution is -2.49. The minimum Gasteiger partial charge on any atom is -0.496 e. The van der Waals surface area contributed by atoms with Gasteiger partial charge in [0.15, 0.2) is 0 Å². The molecule has 0 aliphatic heterocycles. The summed E-state index contributed by atoms with van der Waals surface area (Å²) in [7, 11) is 1.45.